The monoisotopic (exact) mass is 389 g/mol. The molecule has 0 aromatic heterocycles. The van der Waals surface area contributed by atoms with Crippen LogP contribution in [0.4, 0.5) is 0 Å². The van der Waals surface area contributed by atoms with E-state index in [1.807, 2.05) is 0 Å². The van der Waals surface area contributed by atoms with Crippen LogP contribution < -0.4 is 12.3 Å². The van der Waals surface area contributed by atoms with Crippen LogP contribution >= 0.6 is 0 Å². The predicted octanol–water partition coefficient (Wildman–Crippen LogP) is -1.81. The molecule has 0 aliphatic rings. The second kappa shape index (κ2) is 44.4. The van der Waals surface area contributed by atoms with Crippen molar-refractivity contribution in [1.29, 1.82) is 0 Å². The largest absolute Gasteiger partial charge is 2.00 e. The molecule has 0 radical (unpaired) electrons. The molecule has 0 atom stereocenters. The summed E-state index contributed by atoms with van der Waals surface area (Å²) in [5.41, 5.74) is 0. The summed E-state index contributed by atoms with van der Waals surface area (Å²) in [6, 6.07) is 0. The summed E-state index contributed by atoms with van der Waals surface area (Å²) < 4.78 is 0. The molecule has 0 aromatic carbocycles. The van der Waals surface area contributed by atoms with Crippen molar-refractivity contribution in [2.45, 2.75) is 0 Å². The van der Waals surface area contributed by atoms with E-state index in [0.717, 1.165) is 0 Å². The van der Waals surface area contributed by atoms with Crippen molar-refractivity contribution in [1.82, 2.24) is 12.3 Å². The van der Waals surface area contributed by atoms with Gasteiger partial charge in [-0.3, -0.25) is 0 Å². The van der Waals surface area contributed by atoms with E-state index in [1.165, 1.54) is 0 Å². The molecule has 0 rings (SSSR count). The first-order valence-corrected chi connectivity index (χ1v) is 1.10. The topological polar surface area (TPSA) is 265 Å². The smallest absolute Gasteiger partial charge is 0.412 e. The van der Waals surface area contributed by atoms with Crippen molar-refractivity contribution >= 4 is 0 Å². The van der Waals surface area contributed by atoms with Crippen LogP contribution in [0.5, 0.6) is 0 Å². The quantitative estimate of drug-likeness (QED) is 0.351. The predicted molar refractivity (Wildman–Crippen MR) is 38.0 cm³/mol. The molecule has 0 spiro atoms. The van der Waals surface area contributed by atoms with Crippen LogP contribution in [-0.2, 0) is 21.1 Å². The Bertz CT molecular complexity index is 74.1. The zero-order valence-corrected chi connectivity index (χ0v) is 8.35. The Balaban J connectivity index is -0.00000000800. The van der Waals surface area contributed by atoms with E-state index >= 15 is 0 Å². The molecule has 0 fully saturated rings. The van der Waals surface area contributed by atoms with Gasteiger partial charge < -0.3 is 53.9 Å². The van der Waals surface area contributed by atoms with Crippen LogP contribution in [0.2, 0.25) is 0 Å². The molecule has 12 nitrogen and oxygen atoms in total. The molecule has 0 aliphatic heterocycles. The van der Waals surface area contributed by atoms with Crippen molar-refractivity contribution in [2.24, 2.45) is 0 Å². The summed E-state index contributed by atoms with van der Waals surface area (Å²) >= 11 is 0. The van der Waals surface area contributed by atoms with E-state index < -0.39 is 10.2 Å². The Hall–Kier alpha value is -1.07. The van der Waals surface area contributed by atoms with Crippen LogP contribution in [0.25, 0.3) is 0 Å². The van der Waals surface area contributed by atoms with Gasteiger partial charge in [0.25, 0.3) is 0 Å². The molecule has 0 saturated heterocycles. The summed E-state index contributed by atoms with van der Waals surface area (Å²) in [6.07, 6.45) is 0. The third kappa shape index (κ3) is 758. The van der Waals surface area contributed by atoms with Gasteiger partial charge in [0.1, 0.15) is 0 Å². The zero-order chi connectivity index (χ0) is 7.15. The van der Waals surface area contributed by atoms with Gasteiger partial charge in [-0.15, -0.1) is 0 Å². The third-order valence-corrected chi connectivity index (χ3v) is 0. The summed E-state index contributed by atoms with van der Waals surface area (Å²) in [4.78, 5) is 16.5. The van der Waals surface area contributed by atoms with E-state index in [1.54, 1.807) is 0 Å². The Kier molecular flexibility index (Phi) is 200. The van der Waals surface area contributed by atoms with Crippen molar-refractivity contribution in [3.8, 4) is 0 Å². The molecule has 88 valence electrons. The molecule has 0 saturated carbocycles. The summed E-state index contributed by atoms with van der Waals surface area (Å²) in [5.74, 6) is 0. The fourth-order valence-electron chi connectivity index (χ4n) is 0. The van der Waals surface area contributed by atoms with Crippen molar-refractivity contribution < 1.29 is 42.2 Å². The minimum atomic E-state index is -1.75. The number of hydrogen-bond acceptors (Lipinski definition) is 8. The fraction of sp³-hybridized carbons (Fsp3) is 0. The molecule has 0 aromatic rings. The van der Waals surface area contributed by atoms with Gasteiger partial charge in [0.2, 0.25) is 0 Å². The molecule has 0 unspecified atom stereocenters. The van der Waals surface area contributed by atoms with Crippen LogP contribution in [-0.4, -0.2) is 21.1 Å². The maximum atomic E-state index is 8.25. The molecule has 0 aliphatic carbocycles. The average molecular weight is 389 g/mol. The maximum Gasteiger partial charge on any atom is 2.00 e. The summed E-state index contributed by atoms with van der Waals surface area (Å²) in [5, 5.41) is 29.5. The normalized spacial score (nSPS) is 3.69. The first kappa shape index (κ1) is 58.7. The van der Waals surface area contributed by atoms with Gasteiger partial charge >= 0.3 is 21.1 Å². The number of hydrogen-bond donors (Lipinski definition) is 2. The fourth-order valence-corrected chi connectivity index (χ4v) is 0. The van der Waals surface area contributed by atoms with Crippen molar-refractivity contribution in [3.63, 3.8) is 0 Å². The van der Waals surface area contributed by atoms with E-state index in [0.29, 0.717) is 0 Å². The standard InChI is InChI=1S/2NO3.2H3N.2H2O.Pt/c2*2-1(3)4;;;;;/h;;2*1H3;2*1H2;/q2*-1;;;;;+2. The van der Waals surface area contributed by atoms with E-state index in [2.05, 4.69) is 0 Å². The van der Waals surface area contributed by atoms with Gasteiger partial charge in [-0.05, 0) is 0 Å². The second-order valence-corrected chi connectivity index (χ2v) is 0.447. The Labute approximate surface area is 85.8 Å². The van der Waals surface area contributed by atoms with E-state index in [-0.39, 0.29) is 44.3 Å². The summed E-state index contributed by atoms with van der Waals surface area (Å²) in [7, 11) is 0. The van der Waals surface area contributed by atoms with Crippen LogP contribution in [0.15, 0.2) is 0 Å². The molecule has 0 bridgehead atoms. The Morgan fingerprint density at radius 2 is 0.692 bits per heavy atom. The minimum Gasteiger partial charge on any atom is -0.412 e. The zero-order valence-electron chi connectivity index (χ0n) is 6.07. The van der Waals surface area contributed by atoms with Gasteiger partial charge in [-0.2, -0.15) is 0 Å². The number of rotatable bonds is 0. The van der Waals surface area contributed by atoms with E-state index in [4.69, 9.17) is 30.6 Å². The SMILES string of the molecule is N.N.O.O.O=[N+]([O-])[O-].O=[N+]([O-])[O-].[Pt+2]. The van der Waals surface area contributed by atoms with Crippen LogP contribution in [0.3, 0.4) is 0 Å². The summed E-state index contributed by atoms with van der Waals surface area (Å²) in [6.45, 7) is 0. The first-order valence-electron chi connectivity index (χ1n) is 1.10. The molecular formula is H10N4O8Pt. The minimum absolute atomic E-state index is 0. The third-order valence-electron chi connectivity index (χ3n) is 0. The van der Waals surface area contributed by atoms with Gasteiger partial charge in [-0.25, -0.2) is 0 Å². The van der Waals surface area contributed by atoms with Crippen molar-refractivity contribution in [2.75, 3.05) is 0 Å². The second-order valence-electron chi connectivity index (χ2n) is 0.447. The molecule has 0 heterocycles. The number of nitrogens with zero attached hydrogens (tertiary/aromatic N) is 2. The van der Waals surface area contributed by atoms with Crippen LogP contribution in [0, 0.1) is 30.6 Å². The van der Waals surface area contributed by atoms with Gasteiger partial charge in [0, 0.05) is 0 Å². The van der Waals surface area contributed by atoms with Gasteiger partial charge in [-0.1, -0.05) is 0 Å². The maximum absolute atomic E-state index is 8.25. The van der Waals surface area contributed by atoms with Crippen molar-refractivity contribution in [3.05, 3.63) is 30.6 Å². The average Bonchev–Trinajstić information content (AvgIpc) is 1.25. The van der Waals surface area contributed by atoms with Gasteiger partial charge in [0.15, 0.2) is 0 Å². The Morgan fingerprint density at radius 1 is 0.692 bits per heavy atom. The molecular weight excluding hydrogens is 379 g/mol. The van der Waals surface area contributed by atoms with Gasteiger partial charge in [0.05, 0.1) is 10.2 Å². The van der Waals surface area contributed by atoms with Crippen LogP contribution in [0.1, 0.15) is 0 Å². The molecule has 0 amide bonds. The first-order chi connectivity index (χ1) is 3.46. The van der Waals surface area contributed by atoms with E-state index in [9.17, 15) is 0 Å². The Morgan fingerprint density at radius 3 is 0.692 bits per heavy atom. The molecule has 13 heavy (non-hydrogen) atoms. The molecule has 13 heteroatoms. The molecule has 10 N–H and O–H groups in total.